The number of amides is 2. The first-order valence-corrected chi connectivity index (χ1v) is 14.4. The van der Waals surface area contributed by atoms with Gasteiger partial charge in [-0.2, -0.15) is 0 Å². The molecule has 4 heterocycles. The molecule has 9 heteroatoms. The zero-order chi connectivity index (χ0) is 26.7. The van der Waals surface area contributed by atoms with Crippen LogP contribution in [0.25, 0.3) is 0 Å². The predicted molar refractivity (Wildman–Crippen MR) is 146 cm³/mol. The summed E-state index contributed by atoms with van der Waals surface area (Å²) >= 11 is 0. The summed E-state index contributed by atoms with van der Waals surface area (Å²) < 4.78 is 0. The van der Waals surface area contributed by atoms with Crippen molar-refractivity contribution >= 4 is 23.5 Å². The minimum Gasteiger partial charge on any atom is -0.391 e. The molecule has 0 unspecified atom stereocenters. The molecule has 1 aromatic heterocycles. The number of hydrogen-bond donors (Lipinski definition) is 0. The monoisotopic (exact) mass is 528 g/mol. The third-order valence-electron chi connectivity index (χ3n) is 9.75. The third kappa shape index (κ3) is 4.04. The topological polar surface area (TPSA) is 91.2 Å². The van der Waals surface area contributed by atoms with Crippen LogP contribution < -0.4 is 4.90 Å². The van der Waals surface area contributed by atoms with Crippen molar-refractivity contribution < 1.29 is 14.4 Å². The molecule has 2 bridgehead atoms. The van der Waals surface area contributed by atoms with E-state index in [2.05, 4.69) is 57.0 Å². The van der Waals surface area contributed by atoms with Crippen molar-refractivity contribution in [1.29, 1.82) is 0 Å². The van der Waals surface area contributed by atoms with Gasteiger partial charge < -0.3 is 9.74 Å². The van der Waals surface area contributed by atoms with E-state index in [0.29, 0.717) is 6.54 Å². The van der Waals surface area contributed by atoms with Crippen molar-refractivity contribution in [3.05, 3.63) is 53.3 Å². The number of imide groups is 1. The van der Waals surface area contributed by atoms with Gasteiger partial charge in [-0.05, 0) is 57.2 Å². The summed E-state index contributed by atoms with van der Waals surface area (Å²) in [6.07, 6.45) is 6.19. The van der Waals surface area contributed by atoms with Crippen LogP contribution in [0.3, 0.4) is 0 Å². The number of anilines is 1. The number of benzene rings is 1. The SMILES string of the molecule is Cc1ccc(C2=NO[C@H]3[C@H]4C[C@@H]([C@@H]23)[C@H]2C(=O)N(CCCCN3CCN(c5ncccn5)CC3)C(=O)[C@@H]42)c(C)c1. The fourth-order valence-electron chi connectivity index (χ4n) is 7.96. The summed E-state index contributed by atoms with van der Waals surface area (Å²) in [5.41, 5.74) is 4.49. The van der Waals surface area contributed by atoms with Gasteiger partial charge in [-0.3, -0.25) is 19.4 Å². The fraction of sp³-hybridized carbons (Fsp3) is 0.567. The van der Waals surface area contributed by atoms with Crippen molar-refractivity contribution in [2.75, 3.05) is 44.2 Å². The van der Waals surface area contributed by atoms with Crippen LogP contribution >= 0.6 is 0 Å². The number of piperazine rings is 1. The minimum absolute atomic E-state index is 0.0241. The van der Waals surface area contributed by atoms with Crippen molar-refractivity contribution in [3.63, 3.8) is 0 Å². The van der Waals surface area contributed by atoms with E-state index in [9.17, 15) is 9.59 Å². The van der Waals surface area contributed by atoms with Crippen molar-refractivity contribution in [2.45, 2.75) is 39.2 Å². The first-order valence-electron chi connectivity index (χ1n) is 14.4. The molecule has 0 radical (unpaired) electrons. The van der Waals surface area contributed by atoms with Gasteiger partial charge in [0.05, 0.1) is 17.5 Å². The van der Waals surface area contributed by atoms with E-state index >= 15 is 0 Å². The van der Waals surface area contributed by atoms with Crippen LogP contribution in [0.4, 0.5) is 5.95 Å². The van der Waals surface area contributed by atoms with Crippen molar-refractivity contribution in [1.82, 2.24) is 19.8 Å². The van der Waals surface area contributed by atoms with Gasteiger partial charge in [0.1, 0.15) is 6.10 Å². The van der Waals surface area contributed by atoms with E-state index in [4.69, 9.17) is 4.84 Å². The van der Waals surface area contributed by atoms with Crippen LogP contribution in [0, 0.1) is 43.4 Å². The molecule has 1 aromatic carbocycles. The van der Waals surface area contributed by atoms with Gasteiger partial charge in [0, 0.05) is 62.5 Å². The molecule has 2 aliphatic carbocycles. The summed E-state index contributed by atoms with van der Waals surface area (Å²) in [6, 6.07) is 8.25. The molecule has 2 amide bonds. The van der Waals surface area contributed by atoms with Crippen LogP contribution in [0.2, 0.25) is 0 Å². The second-order valence-electron chi connectivity index (χ2n) is 11.9. The number of aromatic nitrogens is 2. The van der Waals surface area contributed by atoms with Crippen molar-refractivity contribution in [3.8, 4) is 0 Å². The van der Waals surface area contributed by atoms with Gasteiger partial charge in [-0.15, -0.1) is 0 Å². The van der Waals surface area contributed by atoms with Crippen LogP contribution in [0.1, 0.15) is 36.0 Å². The summed E-state index contributed by atoms with van der Waals surface area (Å²) in [4.78, 5) is 48.0. The Kier molecular flexibility index (Phi) is 6.14. The summed E-state index contributed by atoms with van der Waals surface area (Å²) in [5, 5.41) is 4.51. The number of carbonyl (C=O) groups excluding carboxylic acids is 2. The molecule has 2 saturated heterocycles. The molecule has 204 valence electrons. The molecule has 6 atom stereocenters. The molecule has 3 aliphatic heterocycles. The Balaban J connectivity index is 0.943. The van der Waals surface area contributed by atoms with Crippen LogP contribution in [0.15, 0.2) is 41.8 Å². The molecule has 2 saturated carbocycles. The average Bonchev–Trinajstić information content (AvgIpc) is 3.69. The Bertz CT molecular complexity index is 1310. The third-order valence-corrected chi connectivity index (χ3v) is 9.75. The molecule has 39 heavy (non-hydrogen) atoms. The van der Waals surface area contributed by atoms with Gasteiger partial charge in [-0.1, -0.05) is 28.9 Å². The molecule has 4 fully saturated rings. The van der Waals surface area contributed by atoms with Crippen LogP contribution in [0.5, 0.6) is 0 Å². The predicted octanol–water partition coefficient (Wildman–Crippen LogP) is 2.67. The number of rotatable bonds is 7. The number of nitrogens with zero attached hydrogens (tertiary/aromatic N) is 6. The highest BCUT2D eigenvalue weighted by Gasteiger charge is 2.70. The fourth-order valence-corrected chi connectivity index (χ4v) is 7.96. The van der Waals surface area contributed by atoms with E-state index in [0.717, 1.165) is 69.2 Å². The lowest BCUT2D eigenvalue weighted by molar-refractivity contribution is -0.141. The second kappa shape index (κ2) is 9.70. The molecule has 5 aliphatic rings. The minimum atomic E-state index is -0.231. The van der Waals surface area contributed by atoms with E-state index < -0.39 is 0 Å². The Labute approximate surface area is 229 Å². The van der Waals surface area contributed by atoms with Crippen LogP contribution in [-0.2, 0) is 14.4 Å². The highest BCUT2D eigenvalue weighted by molar-refractivity contribution is 6.09. The Morgan fingerprint density at radius 2 is 1.62 bits per heavy atom. The number of carbonyl (C=O) groups is 2. The molecule has 2 aromatic rings. The van der Waals surface area contributed by atoms with Gasteiger partial charge >= 0.3 is 0 Å². The Hall–Kier alpha value is -3.33. The smallest absolute Gasteiger partial charge is 0.233 e. The standard InChI is InChI=1S/C30H36N6O3/c1-18-6-7-20(19(2)16-18)26-25-21-17-22(27(25)39-33-26)24-23(21)28(37)36(29(24)38)11-4-3-10-34-12-14-35(15-13-34)30-31-8-5-9-32-30/h5-9,16,21-25,27H,3-4,10-15,17H2,1-2H3/t21-,22+,23-,24+,25+,27+/m1/s1. The molecular formula is C30H36N6O3. The van der Waals surface area contributed by atoms with Gasteiger partial charge in [0.25, 0.3) is 0 Å². The number of oxime groups is 1. The summed E-state index contributed by atoms with van der Waals surface area (Å²) in [7, 11) is 0. The first kappa shape index (κ1) is 24.7. The van der Waals surface area contributed by atoms with E-state index in [1.165, 1.54) is 11.1 Å². The summed E-state index contributed by atoms with van der Waals surface area (Å²) in [6.45, 7) is 9.47. The number of fused-ring (bicyclic) bond motifs is 8. The molecule has 0 spiro atoms. The molecular weight excluding hydrogens is 492 g/mol. The number of hydrogen-bond acceptors (Lipinski definition) is 8. The zero-order valence-corrected chi connectivity index (χ0v) is 22.7. The van der Waals surface area contributed by atoms with Gasteiger partial charge in [-0.25, -0.2) is 9.97 Å². The maximum absolute atomic E-state index is 13.6. The number of unbranched alkanes of at least 4 members (excludes halogenated alkanes) is 1. The van der Waals surface area contributed by atoms with E-state index in [1.54, 1.807) is 17.3 Å². The largest absolute Gasteiger partial charge is 0.391 e. The lowest BCUT2D eigenvalue weighted by atomic mass is 9.71. The molecule has 7 rings (SSSR count). The lowest BCUT2D eigenvalue weighted by Gasteiger charge is -2.34. The maximum Gasteiger partial charge on any atom is 0.233 e. The first-order chi connectivity index (χ1) is 19.0. The molecule has 0 N–H and O–H groups in total. The Morgan fingerprint density at radius 3 is 2.36 bits per heavy atom. The van der Waals surface area contributed by atoms with E-state index in [1.807, 2.05) is 6.07 Å². The van der Waals surface area contributed by atoms with Crippen LogP contribution in [-0.4, -0.2) is 82.7 Å². The Morgan fingerprint density at radius 1 is 0.897 bits per heavy atom. The average molecular weight is 529 g/mol. The second-order valence-corrected chi connectivity index (χ2v) is 11.9. The van der Waals surface area contributed by atoms with Gasteiger partial charge in [0.2, 0.25) is 17.8 Å². The summed E-state index contributed by atoms with van der Waals surface area (Å²) in [5.74, 6) is 0.747. The highest BCUT2D eigenvalue weighted by Crippen LogP contribution is 2.61. The van der Waals surface area contributed by atoms with Gasteiger partial charge in [0.15, 0.2) is 0 Å². The maximum atomic E-state index is 13.6. The van der Waals surface area contributed by atoms with E-state index in [-0.39, 0.29) is 47.5 Å². The quantitative estimate of drug-likeness (QED) is 0.403. The lowest BCUT2D eigenvalue weighted by Crippen LogP contribution is -2.47. The van der Waals surface area contributed by atoms with Crippen molar-refractivity contribution in [2.24, 2.45) is 34.7 Å². The number of aryl methyl sites for hydroxylation is 2. The molecule has 9 nitrogen and oxygen atoms in total. The highest BCUT2D eigenvalue weighted by atomic mass is 16.6. The number of likely N-dealkylation sites (tertiary alicyclic amines) is 1. The normalized spacial score (nSPS) is 31.5. The zero-order valence-electron chi connectivity index (χ0n) is 22.7.